The van der Waals surface area contributed by atoms with Gasteiger partial charge in [-0.25, -0.2) is 8.42 Å². The van der Waals surface area contributed by atoms with Crippen LogP contribution in [0.2, 0.25) is 0 Å². The molecule has 0 aliphatic heterocycles. The molecule has 28 heavy (non-hydrogen) atoms. The van der Waals surface area contributed by atoms with Crippen LogP contribution in [0.25, 0.3) is 10.9 Å². The van der Waals surface area contributed by atoms with Gasteiger partial charge in [0.25, 0.3) is 5.91 Å². The first kappa shape index (κ1) is 20.5. The van der Waals surface area contributed by atoms with Gasteiger partial charge in [-0.05, 0) is 42.5 Å². The molecule has 3 aromatic rings. The van der Waals surface area contributed by atoms with E-state index in [0.29, 0.717) is 16.6 Å². The number of nitrogens with one attached hydrogen (secondary N) is 1. The smallest absolute Gasteiger partial charge is 0.285 e. The van der Waals surface area contributed by atoms with E-state index in [1.807, 2.05) is 0 Å². The summed E-state index contributed by atoms with van der Waals surface area (Å²) >= 11 is 6.61. The number of aromatic hydroxyl groups is 1. The fourth-order valence-corrected chi connectivity index (χ4v) is 3.98. The van der Waals surface area contributed by atoms with Crippen molar-refractivity contribution in [2.75, 3.05) is 17.1 Å². The van der Waals surface area contributed by atoms with Crippen LogP contribution < -0.4 is 4.31 Å². The number of benzene rings is 2. The van der Waals surface area contributed by atoms with E-state index in [4.69, 9.17) is 0 Å². The van der Waals surface area contributed by atoms with Gasteiger partial charge in [0.2, 0.25) is 15.9 Å². The third-order valence-corrected chi connectivity index (χ3v) is 5.93. The minimum atomic E-state index is -3.71. The van der Waals surface area contributed by atoms with Gasteiger partial charge in [-0.1, -0.05) is 31.9 Å². The number of sulfonamides is 1. The van der Waals surface area contributed by atoms with Crippen molar-refractivity contribution in [2.45, 2.75) is 0 Å². The van der Waals surface area contributed by atoms with E-state index in [9.17, 15) is 18.3 Å². The summed E-state index contributed by atoms with van der Waals surface area (Å²) in [6, 6.07) is 11.7. The quantitative estimate of drug-likeness (QED) is 0.474. The van der Waals surface area contributed by atoms with Gasteiger partial charge in [-0.3, -0.25) is 9.10 Å². The fourth-order valence-electron chi connectivity index (χ4n) is 2.50. The third kappa shape index (κ3) is 4.59. The highest BCUT2D eigenvalue weighted by atomic mass is 79.9. The van der Waals surface area contributed by atoms with Crippen LogP contribution in [0, 0.1) is 0 Å². The molecule has 0 bridgehead atoms. The molecule has 1 amide bonds. The lowest BCUT2D eigenvalue weighted by Crippen LogP contribution is -2.34. The van der Waals surface area contributed by atoms with Crippen molar-refractivity contribution in [1.82, 2.24) is 4.98 Å². The number of amides is 1. The van der Waals surface area contributed by atoms with Crippen LogP contribution >= 0.6 is 31.9 Å². The zero-order chi connectivity index (χ0) is 20.5. The number of fused-ring (bicyclic) bond motifs is 1. The molecule has 0 saturated carbocycles. The molecule has 0 spiro atoms. The number of nitrogens with zero attached hydrogens (tertiary/aromatic N) is 3. The number of aromatic amines is 1. The molecule has 0 saturated heterocycles. The summed E-state index contributed by atoms with van der Waals surface area (Å²) in [4.78, 5) is 15.0. The Morgan fingerprint density at radius 3 is 2.43 bits per heavy atom. The Morgan fingerprint density at radius 2 is 1.79 bits per heavy atom. The van der Waals surface area contributed by atoms with Gasteiger partial charge < -0.3 is 10.1 Å². The molecular weight excluding hydrogens is 516 g/mol. The molecule has 0 atom stereocenters. The Morgan fingerprint density at radius 1 is 1.14 bits per heavy atom. The summed E-state index contributed by atoms with van der Waals surface area (Å²) in [7, 11) is -3.71. The number of hydrogen-bond donors (Lipinski definition) is 2. The van der Waals surface area contributed by atoms with E-state index in [2.05, 4.69) is 47.1 Å². The minimum Gasteiger partial charge on any atom is -0.493 e. The second-order valence-electron chi connectivity index (χ2n) is 5.85. The molecule has 146 valence electrons. The molecule has 0 aliphatic carbocycles. The van der Waals surface area contributed by atoms with E-state index < -0.39 is 22.5 Å². The largest absolute Gasteiger partial charge is 0.493 e. The van der Waals surface area contributed by atoms with E-state index >= 15 is 0 Å². The minimum absolute atomic E-state index is 0.0965. The molecular formula is C17H14Br2N4O4S. The zero-order valence-electron chi connectivity index (χ0n) is 14.4. The topological polar surface area (TPSA) is 115 Å². The van der Waals surface area contributed by atoms with Crippen molar-refractivity contribution in [3.8, 4) is 5.88 Å². The fraction of sp³-hybridized carbons (Fsp3) is 0.118. The number of H-pyrrole nitrogens is 1. The lowest BCUT2D eigenvalue weighted by Gasteiger charge is -2.20. The molecule has 0 fully saturated rings. The van der Waals surface area contributed by atoms with Crippen LogP contribution in [0.1, 0.15) is 0 Å². The lowest BCUT2D eigenvalue weighted by atomic mass is 10.2. The normalized spacial score (nSPS) is 12.0. The second kappa shape index (κ2) is 8.02. The van der Waals surface area contributed by atoms with Crippen LogP contribution in [0.4, 0.5) is 11.4 Å². The molecule has 2 N–H and O–H groups in total. The maximum atomic E-state index is 12.3. The van der Waals surface area contributed by atoms with Crippen LogP contribution in [-0.4, -0.2) is 37.2 Å². The average molecular weight is 530 g/mol. The van der Waals surface area contributed by atoms with Crippen molar-refractivity contribution >= 4 is 70.1 Å². The second-order valence-corrected chi connectivity index (χ2v) is 9.59. The molecule has 8 nitrogen and oxygen atoms in total. The number of carbonyl (C=O) groups excluding carboxylic acids is 1. The summed E-state index contributed by atoms with van der Waals surface area (Å²) in [5.41, 5.74) is 1.04. The predicted octanol–water partition coefficient (Wildman–Crippen LogP) is 4.48. The Labute approximate surface area is 177 Å². The van der Waals surface area contributed by atoms with Crippen LogP contribution in [-0.2, 0) is 14.8 Å². The van der Waals surface area contributed by atoms with Crippen molar-refractivity contribution in [3.63, 3.8) is 0 Å². The molecule has 3 rings (SSSR count). The highest BCUT2D eigenvalue weighted by molar-refractivity contribution is 9.10. The maximum Gasteiger partial charge on any atom is 0.285 e. The number of rotatable bonds is 5. The predicted molar refractivity (Wildman–Crippen MR) is 114 cm³/mol. The Balaban J connectivity index is 1.87. The molecule has 11 heteroatoms. The first-order valence-electron chi connectivity index (χ1n) is 7.83. The third-order valence-electron chi connectivity index (χ3n) is 3.77. The first-order valence-corrected chi connectivity index (χ1v) is 11.3. The number of hydrogen-bond acceptors (Lipinski definition) is 5. The molecule has 1 aromatic heterocycles. The standard InChI is InChI=1S/C17H14Br2N4O4S/c1-28(26,27)23(12-5-2-10(18)3-6-12)9-15(24)21-22-16-13-8-11(19)4-7-14(13)20-17(16)25/h2-8,20,25H,9H2,1H3. The van der Waals surface area contributed by atoms with Crippen molar-refractivity contribution < 1.29 is 18.3 Å². The summed E-state index contributed by atoms with van der Waals surface area (Å²) in [5.74, 6) is -1.02. The van der Waals surface area contributed by atoms with Crippen molar-refractivity contribution in [2.24, 2.45) is 10.2 Å². The monoisotopic (exact) mass is 528 g/mol. The Bertz CT molecular complexity index is 1170. The first-order chi connectivity index (χ1) is 13.1. The van der Waals surface area contributed by atoms with Crippen LogP contribution in [0.5, 0.6) is 5.88 Å². The summed E-state index contributed by atoms with van der Waals surface area (Å²) < 4.78 is 26.7. The van der Waals surface area contributed by atoms with Gasteiger partial charge in [0, 0.05) is 14.3 Å². The Hall–Kier alpha value is -2.24. The molecule has 0 radical (unpaired) electrons. The van der Waals surface area contributed by atoms with Gasteiger partial charge in [-0.15, -0.1) is 10.2 Å². The van der Waals surface area contributed by atoms with Gasteiger partial charge >= 0.3 is 0 Å². The van der Waals surface area contributed by atoms with Crippen LogP contribution in [0.15, 0.2) is 61.6 Å². The maximum absolute atomic E-state index is 12.3. The number of halogens is 2. The van der Waals surface area contributed by atoms with E-state index in [1.54, 1.807) is 42.5 Å². The number of aromatic nitrogens is 1. The van der Waals surface area contributed by atoms with Gasteiger partial charge in [0.15, 0.2) is 5.69 Å². The van der Waals surface area contributed by atoms with E-state index in [-0.39, 0.29) is 11.6 Å². The van der Waals surface area contributed by atoms with E-state index in [0.717, 1.165) is 19.5 Å². The zero-order valence-corrected chi connectivity index (χ0v) is 18.4. The Kier molecular flexibility index (Phi) is 5.87. The summed E-state index contributed by atoms with van der Waals surface area (Å²) in [6.45, 7) is -0.517. The highest BCUT2D eigenvalue weighted by Gasteiger charge is 2.21. The number of anilines is 1. The SMILES string of the molecule is CS(=O)(=O)N(CC(=O)N=Nc1c(O)[nH]c2ccc(Br)cc12)c1ccc(Br)cc1. The van der Waals surface area contributed by atoms with Gasteiger partial charge in [-0.2, -0.15) is 0 Å². The highest BCUT2D eigenvalue weighted by Crippen LogP contribution is 2.36. The van der Waals surface area contributed by atoms with Gasteiger partial charge in [0.1, 0.15) is 6.54 Å². The van der Waals surface area contributed by atoms with E-state index in [1.165, 1.54) is 0 Å². The number of azo groups is 1. The molecule has 0 aliphatic rings. The average Bonchev–Trinajstić information content (AvgIpc) is 2.92. The van der Waals surface area contributed by atoms with Crippen LogP contribution in [0.3, 0.4) is 0 Å². The van der Waals surface area contributed by atoms with Crippen molar-refractivity contribution in [3.05, 3.63) is 51.4 Å². The molecule has 1 heterocycles. The van der Waals surface area contributed by atoms with Crippen molar-refractivity contribution in [1.29, 1.82) is 0 Å². The lowest BCUT2D eigenvalue weighted by molar-refractivity contribution is -0.116. The van der Waals surface area contributed by atoms with Gasteiger partial charge in [0.05, 0.1) is 17.5 Å². The summed E-state index contributed by atoms with van der Waals surface area (Å²) in [5, 5.41) is 18.0. The summed E-state index contributed by atoms with van der Waals surface area (Å²) in [6.07, 6.45) is 1.00. The molecule has 2 aromatic carbocycles. The number of carbonyl (C=O) groups is 1. The molecule has 0 unspecified atom stereocenters.